The van der Waals surface area contributed by atoms with Crippen LogP contribution in [0, 0.1) is 6.92 Å². The van der Waals surface area contributed by atoms with Crippen molar-refractivity contribution < 1.29 is 4.79 Å². The highest BCUT2D eigenvalue weighted by Crippen LogP contribution is 2.23. The molecule has 0 radical (unpaired) electrons. The summed E-state index contributed by atoms with van der Waals surface area (Å²) in [5.74, 6) is 0.0490. The third-order valence-electron chi connectivity index (χ3n) is 5.33. The van der Waals surface area contributed by atoms with E-state index >= 15 is 0 Å². The summed E-state index contributed by atoms with van der Waals surface area (Å²) < 4.78 is 1.76. The van der Waals surface area contributed by atoms with Crippen LogP contribution in [0.4, 0.5) is 5.69 Å². The molecule has 1 aliphatic heterocycles. The van der Waals surface area contributed by atoms with E-state index < -0.39 is 0 Å². The molecule has 5 nitrogen and oxygen atoms in total. The van der Waals surface area contributed by atoms with E-state index in [-0.39, 0.29) is 5.91 Å². The van der Waals surface area contributed by atoms with Gasteiger partial charge in [-0.3, -0.25) is 4.79 Å². The number of piperazine rings is 1. The number of nitrogens with zero attached hydrogens (tertiary/aromatic N) is 4. The lowest BCUT2D eigenvalue weighted by Gasteiger charge is -2.37. The molecular weight excluding hydrogens is 348 g/mol. The standard InChI is InChI=1S/C23H26N4O/c1-3-19-9-7-8-12-21(19)25-13-15-26(16-14-25)23(28)22-17-18(2)24-27(22)20-10-5-4-6-11-20/h4-12,17H,3,13-16H2,1-2H3. The lowest BCUT2D eigenvalue weighted by atomic mass is 10.1. The van der Waals surface area contributed by atoms with Gasteiger partial charge in [-0.2, -0.15) is 5.10 Å². The number of amides is 1. The Morgan fingerprint density at radius 3 is 2.36 bits per heavy atom. The van der Waals surface area contributed by atoms with Crippen LogP contribution in [0.3, 0.4) is 0 Å². The Balaban J connectivity index is 1.51. The average molecular weight is 374 g/mol. The summed E-state index contributed by atoms with van der Waals surface area (Å²) in [7, 11) is 0. The zero-order valence-electron chi connectivity index (χ0n) is 16.5. The van der Waals surface area contributed by atoms with Gasteiger partial charge >= 0.3 is 0 Å². The summed E-state index contributed by atoms with van der Waals surface area (Å²) in [5, 5.41) is 4.54. The van der Waals surface area contributed by atoms with Gasteiger partial charge < -0.3 is 9.80 Å². The van der Waals surface area contributed by atoms with Crippen molar-refractivity contribution in [1.82, 2.24) is 14.7 Å². The second-order valence-electron chi connectivity index (χ2n) is 7.18. The molecule has 0 bridgehead atoms. The number of aryl methyl sites for hydroxylation is 2. The Morgan fingerprint density at radius 2 is 1.64 bits per heavy atom. The van der Waals surface area contributed by atoms with E-state index in [9.17, 15) is 4.79 Å². The van der Waals surface area contributed by atoms with Gasteiger partial charge in [0, 0.05) is 31.9 Å². The van der Waals surface area contributed by atoms with Crippen LogP contribution >= 0.6 is 0 Å². The molecule has 0 N–H and O–H groups in total. The number of para-hydroxylation sites is 2. The molecule has 3 aromatic rings. The topological polar surface area (TPSA) is 41.4 Å². The second kappa shape index (κ2) is 7.89. The zero-order valence-corrected chi connectivity index (χ0v) is 16.5. The van der Waals surface area contributed by atoms with Gasteiger partial charge in [-0.25, -0.2) is 4.68 Å². The second-order valence-corrected chi connectivity index (χ2v) is 7.18. The fourth-order valence-electron chi connectivity index (χ4n) is 3.85. The van der Waals surface area contributed by atoms with Crippen molar-refractivity contribution in [1.29, 1.82) is 0 Å². The molecule has 0 saturated carbocycles. The molecule has 1 amide bonds. The minimum atomic E-state index is 0.0490. The molecule has 1 saturated heterocycles. The normalized spacial score (nSPS) is 14.4. The molecule has 4 rings (SSSR count). The van der Waals surface area contributed by atoms with Crippen LogP contribution in [-0.2, 0) is 6.42 Å². The maximum Gasteiger partial charge on any atom is 0.272 e. The smallest absolute Gasteiger partial charge is 0.272 e. The Bertz CT molecular complexity index is 956. The van der Waals surface area contributed by atoms with Crippen LogP contribution < -0.4 is 4.90 Å². The van der Waals surface area contributed by atoms with Crippen LogP contribution in [0.5, 0.6) is 0 Å². The predicted molar refractivity (Wildman–Crippen MR) is 112 cm³/mol. The molecule has 2 heterocycles. The van der Waals surface area contributed by atoms with Gasteiger partial charge in [-0.1, -0.05) is 43.3 Å². The first-order chi connectivity index (χ1) is 13.7. The minimum absolute atomic E-state index is 0.0490. The highest BCUT2D eigenvalue weighted by Gasteiger charge is 2.26. The van der Waals surface area contributed by atoms with E-state index in [0.717, 1.165) is 44.0 Å². The van der Waals surface area contributed by atoms with Gasteiger partial charge in [0.25, 0.3) is 5.91 Å². The number of carbonyl (C=O) groups excluding carboxylic acids is 1. The highest BCUT2D eigenvalue weighted by molar-refractivity contribution is 5.93. The van der Waals surface area contributed by atoms with Crippen LogP contribution in [-0.4, -0.2) is 46.8 Å². The summed E-state index contributed by atoms with van der Waals surface area (Å²) in [6.07, 6.45) is 1.02. The summed E-state index contributed by atoms with van der Waals surface area (Å²) in [4.78, 5) is 17.6. The summed E-state index contributed by atoms with van der Waals surface area (Å²) >= 11 is 0. The Morgan fingerprint density at radius 1 is 0.964 bits per heavy atom. The molecule has 5 heteroatoms. The first-order valence-electron chi connectivity index (χ1n) is 9.91. The number of hydrogen-bond acceptors (Lipinski definition) is 3. The fraction of sp³-hybridized carbons (Fsp3) is 0.304. The Kier molecular flexibility index (Phi) is 5.15. The molecule has 0 unspecified atom stereocenters. The van der Waals surface area contributed by atoms with Crippen LogP contribution in [0.25, 0.3) is 5.69 Å². The monoisotopic (exact) mass is 374 g/mol. The molecule has 1 aromatic heterocycles. The van der Waals surface area contributed by atoms with E-state index in [1.54, 1.807) is 4.68 Å². The average Bonchev–Trinajstić information content (AvgIpc) is 3.15. The third kappa shape index (κ3) is 3.52. The van der Waals surface area contributed by atoms with Gasteiger partial charge in [0.1, 0.15) is 5.69 Å². The fourth-order valence-corrected chi connectivity index (χ4v) is 3.85. The van der Waals surface area contributed by atoms with Crippen molar-refractivity contribution in [2.45, 2.75) is 20.3 Å². The van der Waals surface area contributed by atoms with E-state index in [1.165, 1.54) is 11.3 Å². The van der Waals surface area contributed by atoms with Crippen LogP contribution in [0.15, 0.2) is 60.7 Å². The predicted octanol–water partition coefficient (Wildman–Crippen LogP) is 3.71. The maximum absolute atomic E-state index is 13.2. The number of anilines is 1. The van der Waals surface area contributed by atoms with E-state index in [0.29, 0.717) is 5.69 Å². The number of carbonyl (C=O) groups is 1. The summed E-state index contributed by atoms with van der Waals surface area (Å²) in [5.41, 5.74) is 5.05. The first kappa shape index (κ1) is 18.3. The largest absolute Gasteiger partial charge is 0.368 e. The highest BCUT2D eigenvalue weighted by atomic mass is 16.2. The van der Waals surface area contributed by atoms with E-state index in [2.05, 4.69) is 41.2 Å². The minimum Gasteiger partial charge on any atom is -0.368 e. The molecule has 28 heavy (non-hydrogen) atoms. The lowest BCUT2D eigenvalue weighted by Crippen LogP contribution is -2.49. The number of hydrogen-bond donors (Lipinski definition) is 0. The third-order valence-corrected chi connectivity index (χ3v) is 5.33. The molecule has 1 fully saturated rings. The quantitative estimate of drug-likeness (QED) is 0.699. The van der Waals surface area contributed by atoms with Gasteiger partial charge in [0.05, 0.1) is 11.4 Å². The zero-order chi connectivity index (χ0) is 19.5. The van der Waals surface area contributed by atoms with E-state index in [1.807, 2.05) is 48.2 Å². The van der Waals surface area contributed by atoms with Crippen molar-refractivity contribution in [3.63, 3.8) is 0 Å². The molecule has 144 valence electrons. The van der Waals surface area contributed by atoms with Gasteiger partial charge in [-0.15, -0.1) is 0 Å². The van der Waals surface area contributed by atoms with E-state index in [4.69, 9.17) is 0 Å². The van der Waals surface area contributed by atoms with Gasteiger partial charge in [0.15, 0.2) is 0 Å². The first-order valence-corrected chi connectivity index (χ1v) is 9.91. The molecule has 0 spiro atoms. The van der Waals surface area contributed by atoms with Crippen molar-refractivity contribution in [3.8, 4) is 5.69 Å². The molecular formula is C23H26N4O. The van der Waals surface area contributed by atoms with Gasteiger partial charge in [0.2, 0.25) is 0 Å². The Hall–Kier alpha value is -3.08. The van der Waals surface area contributed by atoms with Crippen molar-refractivity contribution in [2.75, 3.05) is 31.1 Å². The van der Waals surface area contributed by atoms with Crippen molar-refractivity contribution in [2.24, 2.45) is 0 Å². The maximum atomic E-state index is 13.2. The number of aromatic nitrogens is 2. The van der Waals surface area contributed by atoms with Crippen LogP contribution in [0.2, 0.25) is 0 Å². The molecule has 0 aliphatic carbocycles. The SMILES string of the molecule is CCc1ccccc1N1CCN(C(=O)c2cc(C)nn2-c2ccccc2)CC1. The van der Waals surface area contributed by atoms with Gasteiger partial charge in [-0.05, 0) is 43.2 Å². The lowest BCUT2D eigenvalue weighted by molar-refractivity contribution is 0.0737. The number of rotatable bonds is 4. The molecule has 1 aliphatic rings. The van der Waals surface area contributed by atoms with Crippen molar-refractivity contribution in [3.05, 3.63) is 77.6 Å². The molecule has 2 aromatic carbocycles. The number of benzene rings is 2. The molecule has 0 atom stereocenters. The Labute approximate surface area is 166 Å². The van der Waals surface area contributed by atoms with Crippen LogP contribution in [0.1, 0.15) is 28.7 Å². The van der Waals surface area contributed by atoms with Crippen molar-refractivity contribution >= 4 is 11.6 Å². The summed E-state index contributed by atoms with van der Waals surface area (Å²) in [6, 6.07) is 20.3. The summed E-state index contributed by atoms with van der Waals surface area (Å²) in [6.45, 7) is 7.25.